The molecule has 2 heterocycles. The molecule has 3 aromatic carbocycles. The molecule has 3 aromatic rings. The second kappa shape index (κ2) is 10.4. The van der Waals surface area contributed by atoms with Crippen LogP contribution in [-0.4, -0.2) is 23.6 Å². The lowest BCUT2D eigenvalue weighted by atomic mass is 9.86. The molecule has 2 aliphatic heterocycles. The molecule has 190 valence electrons. The monoisotopic (exact) mass is 504 g/mol. The molecule has 0 spiro atoms. The fourth-order valence-corrected chi connectivity index (χ4v) is 5.10. The van der Waals surface area contributed by atoms with Crippen molar-refractivity contribution in [3.8, 4) is 0 Å². The number of hydrogen-bond acceptors (Lipinski definition) is 4. The molecule has 4 amide bonds. The molecule has 2 aliphatic rings. The van der Waals surface area contributed by atoms with E-state index in [9.17, 15) is 19.2 Å². The first-order valence-electron chi connectivity index (χ1n) is 12.7. The Hall–Kier alpha value is -4.58. The average Bonchev–Trinajstić information content (AvgIpc) is 3.44. The molecule has 38 heavy (non-hydrogen) atoms. The van der Waals surface area contributed by atoms with Gasteiger partial charge in [-0.05, 0) is 71.2 Å². The van der Waals surface area contributed by atoms with Crippen LogP contribution in [0, 0.1) is 0 Å². The van der Waals surface area contributed by atoms with Crippen molar-refractivity contribution in [1.82, 2.24) is 0 Å². The largest absolute Gasteiger partial charge is 0.269 e. The molecule has 0 aromatic heterocycles. The fraction of sp³-hybridized carbons (Fsp3) is 0.188. The lowest BCUT2D eigenvalue weighted by Crippen LogP contribution is -2.29. The van der Waals surface area contributed by atoms with Crippen molar-refractivity contribution >= 4 is 35.0 Å². The van der Waals surface area contributed by atoms with Gasteiger partial charge in [-0.2, -0.15) is 0 Å². The lowest BCUT2D eigenvalue weighted by molar-refractivity contribution is -0.121. The lowest BCUT2D eigenvalue weighted by Gasteiger charge is -2.21. The Balaban J connectivity index is 1.32. The van der Waals surface area contributed by atoms with Crippen LogP contribution >= 0.6 is 0 Å². The Morgan fingerprint density at radius 3 is 1.26 bits per heavy atom. The van der Waals surface area contributed by atoms with Crippen molar-refractivity contribution in [2.45, 2.75) is 38.5 Å². The molecule has 2 unspecified atom stereocenters. The van der Waals surface area contributed by atoms with Crippen LogP contribution < -0.4 is 9.80 Å². The normalized spacial score (nSPS) is 16.6. The van der Waals surface area contributed by atoms with Gasteiger partial charge in [-0.15, -0.1) is 0 Å². The number of carbonyl (C=O) groups excluding carboxylic acids is 4. The summed E-state index contributed by atoms with van der Waals surface area (Å²) >= 11 is 0. The highest BCUT2D eigenvalue weighted by atomic mass is 16.2. The van der Waals surface area contributed by atoms with Crippen LogP contribution in [-0.2, 0) is 32.0 Å². The summed E-state index contributed by atoms with van der Waals surface area (Å²) in [7, 11) is 0. The molecule has 0 aliphatic carbocycles. The van der Waals surface area contributed by atoms with Crippen molar-refractivity contribution in [1.29, 1.82) is 0 Å². The van der Waals surface area contributed by atoms with Gasteiger partial charge in [-0.1, -0.05) is 62.4 Å². The van der Waals surface area contributed by atoms with Crippen molar-refractivity contribution in [2.75, 3.05) is 9.80 Å². The quantitative estimate of drug-likeness (QED) is 0.394. The van der Waals surface area contributed by atoms with Crippen LogP contribution in [0.3, 0.4) is 0 Å². The topological polar surface area (TPSA) is 74.8 Å². The Morgan fingerprint density at radius 2 is 0.895 bits per heavy atom. The third kappa shape index (κ3) is 4.98. The van der Waals surface area contributed by atoms with Crippen molar-refractivity contribution < 1.29 is 19.2 Å². The van der Waals surface area contributed by atoms with Gasteiger partial charge >= 0.3 is 0 Å². The van der Waals surface area contributed by atoms with Gasteiger partial charge in [0.2, 0.25) is 0 Å². The molecule has 6 nitrogen and oxygen atoms in total. The average molecular weight is 505 g/mol. The van der Waals surface area contributed by atoms with Crippen LogP contribution in [0.25, 0.3) is 0 Å². The van der Waals surface area contributed by atoms with Gasteiger partial charge in [-0.3, -0.25) is 19.2 Å². The maximum absolute atomic E-state index is 12.1. The summed E-state index contributed by atoms with van der Waals surface area (Å²) in [6.45, 7) is 4.29. The number of hydrogen-bond donors (Lipinski definition) is 0. The molecule has 0 saturated carbocycles. The predicted molar refractivity (Wildman–Crippen MR) is 147 cm³/mol. The van der Waals surface area contributed by atoms with Gasteiger partial charge in [0.15, 0.2) is 0 Å². The molecular formula is C32H28N2O4. The van der Waals surface area contributed by atoms with Crippen LogP contribution in [0.1, 0.15) is 47.9 Å². The summed E-state index contributed by atoms with van der Waals surface area (Å²) in [6, 6.07) is 23.6. The van der Waals surface area contributed by atoms with Crippen LogP contribution in [0.2, 0.25) is 0 Å². The number of nitrogens with zero attached hydrogens (tertiary/aromatic N) is 2. The Labute approximate surface area is 221 Å². The number of carbonyl (C=O) groups is 4. The maximum Gasteiger partial charge on any atom is 0.258 e. The van der Waals surface area contributed by atoms with Crippen molar-refractivity contribution in [3.05, 3.63) is 119 Å². The standard InChI is InChI=1S/C32H28N2O4/c1-21(23-9-5-11-27(19-23)33-29(35)13-14-30(33)36)17-25-7-3-4-8-26(25)18-22(2)24-10-6-12-28(20-24)34-31(37)15-16-32(34)38/h3-16,19-22H,17-18H2,1-2H3. The minimum absolute atomic E-state index is 0.162. The van der Waals surface area contributed by atoms with Crippen LogP contribution in [0.15, 0.2) is 97.1 Å². The molecule has 0 fully saturated rings. The summed E-state index contributed by atoms with van der Waals surface area (Å²) in [5, 5.41) is 0. The summed E-state index contributed by atoms with van der Waals surface area (Å²) in [5.74, 6) is -0.961. The van der Waals surface area contributed by atoms with Gasteiger partial charge < -0.3 is 0 Å². The zero-order valence-electron chi connectivity index (χ0n) is 21.3. The van der Waals surface area contributed by atoms with Gasteiger partial charge in [0.1, 0.15) is 0 Å². The molecule has 0 bridgehead atoms. The van der Waals surface area contributed by atoms with E-state index in [0.717, 1.165) is 24.0 Å². The number of anilines is 2. The number of rotatable bonds is 8. The van der Waals surface area contributed by atoms with Crippen LogP contribution in [0.5, 0.6) is 0 Å². The second-order valence-corrected chi connectivity index (χ2v) is 9.86. The number of amides is 4. The highest BCUT2D eigenvalue weighted by Gasteiger charge is 2.27. The van der Waals surface area contributed by atoms with Gasteiger partial charge in [0.05, 0.1) is 11.4 Å². The Bertz CT molecular complexity index is 1350. The molecular weight excluding hydrogens is 476 g/mol. The molecule has 0 saturated heterocycles. The number of benzene rings is 3. The molecule has 6 heteroatoms. The SMILES string of the molecule is CC(Cc1ccccc1CC(C)c1cccc(N2C(=O)C=CC2=O)c1)c1cccc(N2C(=O)C=CC2=O)c1. The maximum atomic E-state index is 12.1. The smallest absolute Gasteiger partial charge is 0.258 e. The minimum Gasteiger partial charge on any atom is -0.269 e. The molecule has 0 N–H and O–H groups in total. The first-order chi connectivity index (χ1) is 18.3. The van der Waals surface area contributed by atoms with E-state index in [-0.39, 0.29) is 35.5 Å². The van der Waals surface area contributed by atoms with E-state index in [1.807, 2.05) is 48.5 Å². The second-order valence-electron chi connectivity index (χ2n) is 9.86. The van der Waals surface area contributed by atoms with E-state index in [2.05, 4.69) is 26.0 Å². The molecule has 5 rings (SSSR count). The number of imide groups is 2. The van der Waals surface area contributed by atoms with Gasteiger partial charge in [0, 0.05) is 24.3 Å². The highest BCUT2D eigenvalue weighted by molar-refractivity contribution is 6.28. The predicted octanol–water partition coefficient (Wildman–Crippen LogP) is 5.24. The molecule has 2 atom stereocenters. The van der Waals surface area contributed by atoms with E-state index in [1.54, 1.807) is 12.1 Å². The Morgan fingerprint density at radius 1 is 0.526 bits per heavy atom. The summed E-state index contributed by atoms with van der Waals surface area (Å²) in [6.07, 6.45) is 6.78. The van der Waals surface area contributed by atoms with E-state index >= 15 is 0 Å². The van der Waals surface area contributed by atoms with Gasteiger partial charge in [-0.25, -0.2) is 9.80 Å². The molecule has 0 radical (unpaired) electrons. The zero-order valence-corrected chi connectivity index (χ0v) is 21.3. The van der Waals surface area contributed by atoms with Crippen molar-refractivity contribution in [2.24, 2.45) is 0 Å². The first kappa shape index (κ1) is 25.1. The highest BCUT2D eigenvalue weighted by Crippen LogP contribution is 2.31. The summed E-state index contributed by atoms with van der Waals surface area (Å²) in [4.78, 5) is 50.9. The zero-order chi connectivity index (χ0) is 26.8. The first-order valence-corrected chi connectivity index (χ1v) is 12.7. The van der Waals surface area contributed by atoms with Crippen molar-refractivity contribution in [3.63, 3.8) is 0 Å². The summed E-state index contributed by atoms with van der Waals surface area (Å²) < 4.78 is 0. The van der Waals surface area contributed by atoms with Gasteiger partial charge in [0.25, 0.3) is 23.6 Å². The third-order valence-electron chi connectivity index (χ3n) is 7.18. The van der Waals surface area contributed by atoms with E-state index in [0.29, 0.717) is 11.4 Å². The van der Waals surface area contributed by atoms with E-state index < -0.39 is 0 Å². The minimum atomic E-state index is -0.321. The third-order valence-corrected chi connectivity index (χ3v) is 7.18. The summed E-state index contributed by atoms with van der Waals surface area (Å²) in [5.41, 5.74) is 5.75. The van der Waals surface area contributed by atoms with E-state index in [1.165, 1.54) is 45.2 Å². The van der Waals surface area contributed by atoms with E-state index in [4.69, 9.17) is 0 Å². The van der Waals surface area contributed by atoms with Crippen LogP contribution in [0.4, 0.5) is 11.4 Å². The Kier molecular flexibility index (Phi) is 6.88. The fourth-order valence-electron chi connectivity index (χ4n) is 5.10.